The minimum Gasteiger partial charge on any atom is -0.370 e. The Hall–Kier alpha value is -0.650. The molecule has 0 aromatic carbocycles. The Balaban J connectivity index is 2.49. The van der Waals surface area contributed by atoms with E-state index in [0.717, 1.165) is 37.6 Å². The molecule has 0 saturated heterocycles. The zero-order chi connectivity index (χ0) is 14.0. The van der Waals surface area contributed by atoms with Gasteiger partial charge < -0.3 is 5.32 Å². The highest BCUT2D eigenvalue weighted by Gasteiger charge is 2.13. The number of nitrogens with zero attached hydrogens (tertiary/aromatic N) is 2. The van der Waals surface area contributed by atoms with Gasteiger partial charge in [-0.25, -0.2) is 9.97 Å². The van der Waals surface area contributed by atoms with E-state index in [2.05, 4.69) is 52.0 Å². The second-order valence-corrected chi connectivity index (χ2v) is 6.93. The first-order valence-electron chi connectivity index (χ1n) is 6.09. The van der Waals surface area contributed by atoms with Crippen molar-refractivity contribution in [2.45, 2.75) is 26.7 Å². The van der Waals surface area contributed by atoms with Crippen LogP contribution in [0.3, 0.4) is 0 Å². The summed E-state index contributed by atoms with van der Waals surface area (Å²) in [6.45, 7) is 7.14. The smallest absolute Gasteiger partial charge is 0.171 e. The van der Waals surface area contributed by atoms with Crippen molar-refractivity contribution in [1.82, 2.24) is 9.97 Å². The lowest BCUT2D eigenvalue weighted by atomic mass is 10.1. The van der Waals surface area contributed by atoms with Crippen molar-refractivity contribution >= 4 is 44.7 Å². The average molecular weight is 361 g/mol. The van der Waals surface area contributed by atoms with Gasteiger partial charge in [0, 0.05) is 22.8 Å². The lowest BCUT2D eigenvalue weighted by Crippen LogP contribution is -2.04. The second kappa shape index (κ2) is 6.20. The minimum atomic E-state index is 0.359. The molecule has 0 saturated carbocycles. The van der Waals surface area contributed by atoms with E-state index in [1.54, 1.807) is 0 Å². The molecule has 0 atom stereocenters. The molecule has 1 N–H and O–H groups in total. The lowest BCUT2D eigenvalue weighted by molar-refractivity contribution is 0.817. The van der Waals surface area contributed by atoms with Gasteiger partial charge in [0.05, 0.1) is 4.88 Å². The van der Waals surface area contributed by atoms with Gasteiger partial charge in [0.1, 0.15) is 10.2 Å². The summed E-state index contributed by atoms with van der Waals surface area (Å²) in [7, 11) is 0. The molecule has 2 aromatic heterocycles. The molecule has 0 amide bonds. The average Bonchev–Trinajstić information content (AvgIpc) is 2.70. The Bertz CT molecular complexity index is 564. The topological polar surface area (TPSA) is 37.8 Å². The van der Waals surface area contributed by atoms with Crippen molar-refractivity contribution in [3.05, 3.63) is 26.6 Å². The van der Waals surface area contributed by atoms with Crippen LogP contribution in [0.1, 0.15) is 32.4 Å². The van der Waals surface area contributed by atoms with Crippen LogP contribution in [0.15, 0.2) is 16.6 Å². The summed E-state index contributed by atoms with van der Waals surface area (Å²) in [6.07, 6.45) is 0. The monoisotopic (exact) mass is 359 g/mol. The van der Waals surface area contributed by atoms with Crippen LogP contribution in [-0.2, 0) is 0 Å². The Kier molecular flexibility index (Phi) is 4.81. The van der Waals surface area contributed by atoms with Crippen LogP contribution in [0, 0.1) is 0 Å². The predicted molar refractivity (Wildman–Crippen MR) is 86.3 cm³/mol. The van der Waals surface area contributed by atoms with Crippen molar-refractivity contribution in [3.8, 4) is 10.7 Å². The van der Waals surface area contributed by atoms with Crippen molar-refractivity contribution in [1.29, 1.82) is 0 Å². The largest absolute Gasteiger partial charge is 0.370 e. The van der Waals surface area contributed by atoms with E-state index in [9.17, 15) is 0 Å². The maximum absolute atomic E-state index is 6.08. The Labute approximate surface area is 130 Å². The van der Waals surface area contributed by atoms with Gasteiger partial charge in [-0.15, -0.1) is 11.3 Å². The molecular weight excluding hydrogens is 346 g/mol. The number of aromatic nitrogens is 2. The van der Waals surface area contributed by atoms with E-state index in [1.165, 1.54) is 11.3 Å². The molecule has 102 valence electrons. The first-order valence-corrected chi connectivity index (χ1v) is 8.08. The van der Waals surface area contributed by atoms with Crippen LogP contribution in [0.25, 0.3) is 10.7 Å². The van der Waals surface area contributed by atoms with Gasteiger partial charge in [-0.1, -0.05) is 25.4 Å². The zero-order valence-corrected chi connectivity index (χ0v) is 14.2. The molecule has 0 aliphatic carbocycles. The van der Waals surface area contributed by atoms with Gasteiger partial charge in [0.2, 0.25) is 0 Å². The molecule has 19 heavy (non-hydrogen) atoms. The number of anilines is 1. The number of thiophene rings is 1. The molecule has 0 spiro atoms. The maximum Gasteiger partial charge on any atom is 0.171 e. The van der Waals surface area contributed by atoms with Crippen LogP contribution >= 0.6 is 38.9 Å². The van der Waals surface area contributed by atoms with E-state index in [-0.39, 0.29) is 0 Å². The van der Waals surface area contributed by atoms with Crippen molar-refractivity contribution in [3.63, 3.8) is 0 Å². The van der Waals surface area contributed by atoms with Crippen LogP contribution < -0.4 is 5.32 Å². The Morgan fingerprint density at radius 2 is 2.11 bits per heavy atom. The quantitative estimate of drug-likeness (QED) is 0.816. The third kappa shape index (κ3) is 3.46. The molecule has 0 unspecified atom stereocenters. The summed E-state index contributed by atoms with van der Waals surface area (Å²) in [4.78, 5) is 10.1. The van der Waals surface area contributed by atoms with Gasteiger partial charge >= 0.3 is 0 Å². The van der Waals surface area contributed by atoms with E-state index in [4.69, 9.17) is 11.6 Å². The number of rotatable bonds is 4. The molecule has 0 fully saturated rings. The third-order valence-electron chi connectivity index (χ3n) is 2.56. The van der Waals surface area contributed by atoms with Crippen molar-refractivity contribution in [2.24, 2.45) is 0 Å². The van der Waals surface area contributed by atoms with Gasteiger partial charge in [-0.3, -0.25) is 0 Å². The molecule has 6 heteroatoms. The van der Waals surface area contributed by atoms with Crippen LogP contribution in [0.5, 0.6) is 0 Å². The fourth-order valence-corrected chi connectivity index (χ4v) is 3.24. The second-order valence-electron chi connectivity index (χ2n) is 4.42. The SMILES string of the molecule is CCNc1cc(C(C)C)nc(-c2cc(Br)c(Cl)s2)n1. The number of halogens is 2. The third-order valence-corrected chi connectivity index (χ3v) is 5.03. The fourth-order valence-electron chi connectivity index (χ4n) is 1.60. The molecule has 2 rings (SSSR count). The minimum absolute atomic E-state index is 0.359. The highest BCUT2D eigenvalue weighted by atomic mass is 79.9. The van der Waals surface area contributed by atoms with E-state index in [1.807, 2.05) is 12.1 Å². The maximum atomic E-state index is 6.08. The first-order chi connectivity index (χ1) is 9.01. The number of nitrogens with one attached hydrogen (secondary N) is 1. The predicted octanol–water partition coefficient (Wildman–Crippen LogP) is 5.18. The van der Waals surface area contributed by atoms with E-state index < -0.39 is 0 Å². The molecule has 3 nitrogen and oxygen atoms in total. The van der Waals surface area contributed by atoms with Crippen LogP contribution in [0.4, 0.5) is 5.82 Å². The van der Waals surface area contributed by atoms with Gasteiger partial charge in [0.15, 0.2) is 5.82 Å². The van der Waals surface area contributed by atoms with Gasteiger partial charge in [-0.2, -0.15) is 0 Å². The summed E-state index contributed by atoms with van der Waals surface area (Å²) in [5.41, 5.74) is 1.03. The van der Waals surface area contributed by atoms with Crippen molar-refractivity contribution < 1.29 is 0 Å². The summed E-state index contributed by atoms with van der Waals surface area (Å²) < 4.78 is 1.61. The van der Waals surface area contributed by atoms with Crippen LogP contribution in [0.2, 0.25) is 4.34 Å². The zero-order valence-electron chi connectivity index (χ0n) is 11.0. The first kappa shape index (κ1) is 14.8. The molecule has 0 aliphatic rings. The van der Waals surface area contributed by atoms with Gasteiger partial charge in [0.25, 0.3) is 0 Å². The summed E-state index contributed by atoms with van der Waals surface area (Å²) in [5.74, 6) is 1.94. The van der Waals surface area contributed by atoms with Gasteiger partial charge in [-0.05, 0) is 34.8 Å². The number of hydrogen-bond donors (Lipinski definition) is 1. The molecule has 0 radical (unpaired) electrons. The molecule has 0 bridgehead atoms. The van der Waals surface area contributed by atoms with Crippen LogP contribution in [-0.4, -0.2) is 16.5 Å². The standard InChI is InChI=1S/C13H15BrClN3S/c1-4-16-11-6-9(7(2)3)17-13(18-11)10-5-8(14)12(15)19-10/h5-7H,4H2,1-3H3,(H,16,17,18). The lowest BCUT2D eigenvalue weighted by Gasteiger charge is -2.10. The summed E-state index contributed by atoms with van der Waals surface area (Å²) in [5, 5.41) is 3.24. The Morgan fingerprint density at radius 1 is 1.37 bits per heavy atom. The normalized spacial score (nSPS) is 11.1. The molecule has 2 heterocycles. The number of hydrogen-bond acceptors (Lipinski definition) is 4. The molecule has 0 aliphatic heterocycles. The summed E-state index contributed by atoms with van der Waals surface area (Å²) in [6, 6.07) is 3.96. The highest BCUT2D eigenvalue weighted by molar-refractivity contribution is 9.10. The van der Waals surface area contributed by atoms with E-state index >= 15 is 0 Å². The molecule has 2 aromatic rings. The fraction of sp³-hybridized carbons (Fsp3) is 0.385. The van der Waals surface area contributed by atoms with E-state index in [0.29, 0.717) is 5.92 Å². The molecular formula is C13H15BrClN3S. The highest BCUT2D eigenvalue weighted by Crippen LogP contribution is 2.37. The Morgan fingerprint density at radius 3 is 2.63 bits per heavy atom. The summed E-state index contributed by atoms with van der Waals surface area (Å²) >= 11 is 11.0. The van der Waals surface area contributed by atoms with Crippen molar-refractivity contribution in [2.75, 3.05) is 11.9 Å².